The van der Waals surface area contributed by atoms with Gasteiger partial charge in [-0.2, -0.15) is 5.26 Å². The molecule has 1 aromatic carbocycles. The summed E-state index contributed by atoms with van der Waals surface area (Å²) in [5.41, 5.74) is 5.43. The van der Waals surface area contributed by atoms with Crippen LogP contribution >= 0.6 is 15.9 Å². The summed E-state index contributed by atoms with van der Waals surface area (Å²) >= 11 is 3.60. The lowest BCUT2D eigenvalue weighted by Gasteiger charge is -2.14. The lowest BCUT2D eigenvalue weighted by Crippen LogP contribution is -2.16. The Labute approximate surface area is 178 Å². The van der Waals surface area contributed by atoms with E-state index in [0.29, 0.717) is 18.5 Å². The Kier molecular flexibility index (Phi) is 5.42. The van der Waals surface area contributed by atoms with Crippen LogP contribution in [0.25, 0.3) is 10.9 Å². The maximum Gasteiger partial charge on any atom is 0.306 e. The second kappa shape index (κ2) is 8.00. The van der Waals surface area contributed by atoms with E-state index < -0.39 is 0 Å². The van der Waals surface area contributed by atoms with E-state index in [-0.39, 0.29) is 18.0 Å². The third kappa shape index (κ3) is 3.92. The topological polar surface area (TPSA) is 67.9 Å². The molecule has 0 aliphatic heterocycles. The molecule has 0 unspecified atom stereocenters. The van der Waals surface area contributed by atoms with Gasteiger partial charge in [-0.3, -0.25) is 9.78 Å². The number of rotatable bonds is 5. The minimum Gasteiger partial charge on any atom is -0.463 e. The summed E-state index contributed by atoms with van der Waals surface area (Å²) in [4.78, 5) is 16.3. The van der Waals surface area contributed by atoms with Crippen molar-refractivity contribution in [1.29, 1.82) is 5.26 Å². The predicted octanol–water partition coefficient (Wildman–Crippen LogP) is 4.78. The Morgan fingerprint density at radius 2 is 2.21 bits per heavy atom. The minimum absolute atomic E-state index is 0.0943. The normalized spacial score (nSPS) is 15.5. The second-order valence-electron chi connectivity index (χ2n) is 7.84. The lowest BCUT2D eigenvalue weighted by atomic mass is 10.0. The van der Waals surface area contributed by atoms with Gasteiger partial charge in [-0.15, -0.1) is 0 Å². The Morgan fingerprint density at radius 3 is 2.93 bits per heavy atom. The molecule has 0 saturated carbocycles. The number of pyridine rings is 1. The molecule has 1 atom stereocenters. The number of fused-ring (bicyclic) bond motifs is 3. The molecule has 0 N–H and O–H groups in total. The van der Waals surface area contributed by atoms with E-state index in [1.807, 2.05) is 38.1 Å². The maximum absolute atomic E-state index is 12.2. The predicted molar refractivity (Wildman–Crippen MR) is 114 cm³/mol. The molecule has 4 rings (SSSR count). The van der Waals surface area contributed by atoms with Crippen LogP contribution < -0.4 is 0 Å². The highest BCUT2D eigenvalue weighted by atomic mass is 79.9. The highest BCUT2D eigenvalue weighted by molar-refractivity contribution is 9.10. The molecule has 1 aliphatic rings. The van der Waals surface area contributed by atoms with Gasteiger partial charge in [0.2, 0.25) is 0 Å². The molecule has 5 nitrogen and oxygen atoms in total. The van der Waals surface area contributed by atoms with E-state index in [2.05, 4.69) is 31.6 Å². The summed E-state index contributed by atoms with van der Waals surface area (Å²) in [5.74, 6) is 0.0918. The van der Waals surface area contributed by atoms with E-state index in [0.717, 1.165) is 33.8 Å². The van der Waals surface area contributed by atoms with Gasteiger partial charge < -0.3 is 9.30 Å². The number of carbonyl (C=O) groups is 1. The molecule has 0 amide bonds. The van der Waals surface area contributed by atoms with Gasteiger partial charge in [-0.25, -0.2) is 0 Å². The van der Waals surface area contributed by atoms with E-state index in [9.17, 15) is 10.1 Å². The first-order valence-electron chi connectivity index (χ1n) is 9.78. The fourth-order valence-corrected chi connectivity index (χ4v) is 4.59. The van der Waals surface area contributed by atoms with Crippen molar-refractivity contribution < 1.29 is 9.53 Å². The van der Waals surface area contributed by atoms with Gasteiger partial charge in [0.25, 0.3) is 0 Å². The first-order valence-corrected chi connectivity index (χ1v) is 10.6. The number of hydrogen-bond acceptors (Lipinski definition) is 4. The van der Waals surface area contributed by atoms with Gasteiger partial charge >= 0.3 is 5.97 Å². The van der Waals surface area contributed by atoms with Crippen molar-refractivity contribution in [3.63, 3.8) is 0 Å². The molecule has 0 saturated heterocycles. The summed E-state index contributed by atoms with van der Waals surface area (Å²) in [6.45, 7) is 4.46. The zero-order valence-corrected chi connectivity index (χ0v) is 18.1. The van der Waals surface area contributed by atoms with Gasteiger partial charge in [-0.1, -0.05) is 0 Å². The van der Waals surface area contributed by atoms with Crippen LogP contribution in [0.2, 0.25) is 0 Å². The number of halogens is 1. The first kappa shape index (κ1) is 19.7. The van der Waals surface area contributed by atoms with Crippen molar-refractivity contribution in [1.82, 2.24) is 9.55 Å². The summed E-state index contributed by atoms with van der Waals surface area (Å²) in [5, 5.41) is 10.5. The molecule has 29 heavy (non-hydrogen) atoms. The van der Waals surface area contributed by atoms with Crippen molar-refractivity contribution >= 4 is 32.8 Å². The molecule has 0 radical (unpaired) electrons. The number of nitriles is 1. The highest BCUT2D eigenvalue weighted by Crippen LogP contribution is 2.38. The van der Waals surface area contributed by atoms with E-state index in [1.165, 1.54) is 11.3 Å². The largest absolute Gasteiger partial charge is 0.463 e. The smallest absolute Gasteiger partial charge is 0.306 e. The molecule has 3 aromatic rings. The van der Waals surface area contributed by atoms with Crippen LogP contribution in [-0.2, 0) is 28.9 Å². The van der Waals surface area contributed by atoms with Gasteiger partial charge in [0.05, 0.1) is 17.7 Å². The molecule has 2 heterocycles. The molecular formula is C23H22BrN3O2. The standard InChI is InChI=1S/C23H22BrN3O2/c1-14(2)29-23(28)10-16-8-19-18-7-15(11-25)3-4-21(18)27(22(19)9-16)13-17-5-6-26-12-20(17)24/h3-7,12,14,16H,8-10,13H2,1-2H3/t16-/m0/s1. The molecule has 2 aromatic heterocycles. The van der Waals surface area contributed by atoms with Gasteiger partial charge in [0, 0.05) is 46.4 Å². The third-order valence-electron chi connectivity index (χ3n) is 5.40. The SMILES string of the molecule is CC(C)OC(=O)C[C@H]1Cc2c(n(Cc3ccncc3Br)c3ccc(C#N)cc23)C1. The maximum atomic E-state index is 12.2. The van der Waals surface area contributed by atoms with Crippen LogP contribution in [0, 0.1) is 17.2 Å². The van der Waals surface area contributed by atoms with Gasteiger partial charge in [0.1, 0.15) is 0 Å². The Bertz CT molecular complexity index is 1130. The average Bonchev–Trinajstić information content (AvgIpc) is 3.20. The molecule has 0 spiro atoms. The summed E-state index contributed by atoms with van der Waals surface area (Å²) in [6, 6.07) is 10.1. The van der Waals surface area contributed by atoms with E-state index in [4.69, 9.17) is 4.74 Å². The zero-order chi connectivity index (χ0) is 20.5. The fraction of sp³-hybridized carbons (Fsp3) is 0.348. The van der Waals surface area contributed by atoms with Crippen molar-refractivity contribution in [3.05, 3.63) is 63.5 Å². The van der Waals surface area contributed by atoms with Crippen LogP contribution in [0.3, 0.4) is 0 Å². The first-order chi connectivity index (χ1) is 14.0. The van der Waals surface area contributed by atoms with Crippen molar-refractivity contribution in [2.75, 3.05) is 0 Å². The molecule has 148 valence electrons. The second-order valence-corrected chi connectivity index (χ2v) is 8.69. The molecule has 0 fully saturated rings. The minimum atomic E-state index is -0.138. The Morgan fingerprint density at radius 1 is 1.38 bits per heavy atom. The van der Waals surface area contributed by atoms with E-state index in [1.54, 1.807) is 12.4 Å². The van der Waals surface area contributed by atoms with Crippen LogP contribution in [0.1, 0.15) is 42.7 Å². The summed E-state index contributed by atoms with van der Waals surface area (Å²) in [7, 11) is 0. The van der Waals surface area contributed by atoms with Crippen LogP contribution in [0.15, 0.2) is 41.1 Å². The molecular weight excluding hydrogens is 430 g/mol. The van der Waals surface area contributed by atoms with E-state index >= 15 is 0 Å². The van der Waals surface area contributed by atoms with Gasteiger partial charge in [-0.05, 0) is 83.9 Å². The zero-order valence-electron chi connectivity index (χ0n) is 16.5. The fourth-order valence-electron chi connectivity index (χ4n) is 4.22. The quantitative estimate of drug-likeness (QED) is 0.523. The number of ether oxygens (including phenoxy) is 1. The average molecular weight is 452 g/mol. The highest BCUT2D eigenvalue weighted by Gasteiger charge is 2.30. The lowest BCUT2D eigenvalue weighted by molar-refractivity contribution is -0.148. The molecule has 1 aliphatic carbocycles. The number of aromatic nitrogens is 2. The van der Waals surface area contributed by atoms with Crippen LogP contribution in [0.5, 0.6) is 0 Å². The monoisotopic (exact) mass is 451 g/mol. The summed E-state index contributed by atoms with van der Waals surface area (Å²) < 4.78 is 8.64. The number of hydrogen-bond donors (Lipinski definition) is 0. The van der Waals surface area contributed by atoms with Crippen molar-refractivity contribution in [3.8, 4) is 6.07 Å². The number of benzene rings is 1. The molecule has 6 heteroatoms. The molecule has 0 bridgehead atoms. The Hall–Kier alpha value is -2.65. The number of esters is 1. The van der Waals surface area contributed by atoms with Crippen LogP contribution in [0.4, 0.5) is 0 Å². The number of nitrogens with zero attached hydrogens (tertiary/aromatic N) is 3. The van der Waals surface area contributed by atoms with Crippen molar-refractivity contribution in [2.24, 2.45) is 5.92 Å². The summed E-state index contributed by atoms with van der Waals surface area (Å²) in [6.07, 6.45) is 5.60. The Balaban J connectivity index is 1.72. The van der Waals surface area contributed by atoms with Gasteiger partial charge in [0.15, 0.2) is 0 Å². The third-order valence-corrected chi connectivity index (χ3v) is 6.11. The van der Waals surface area contributed by atoms with Crippen LogP contribution in [-0.4, -0.2) is 21.6 Å². The van der Waals surface area contributed by atoms with Crippen molar-refractivity contribution in [2.45, 2.75) is 45.8 Å². The number of carbonyl (C=O) groups excluding carboxylic acids is 1.